The first kappa shape index (κ1) is 16.3. The fourth-order valence-electron chi connectivity index (χ4n) is 2.60. The molecule has 2 N–H and O–H groups in total. The maximum absolute atomic E-state index is 12.5. The molecule has 1 heterocycles. The first-order chi connectivity index (χ1) is 10.3. The molecule has 0 saturated carbocycles. The SMILES string of the molecule is CC(C)(C)c1cccc(NC(=O)C2(C#N)CCOCC2)c1O. The maximum atomic E-state index is 12.5. The molecule has 0 atom stereocenters. The number of rotatable bonds is 2. The number of para-hydroxylation sites is 1. The van der Waals surface area contributed by atoms with E-state index in [1.54, 1.807) is 12.1 Å². The van der Waals surface area contributed by atoms with Crippen LogP contribution < -0.4 is 5.32 Å². The van der Waals surface area contributed by atoms with Crippen molar-refractivity contribution < 1.29 is 14.6 Å². The van der Waals surface area contributed by atoms with Gasteiger partial charge in [0.1, 0.15) is 11.2 Å². The highest BCUT2D eigenvalue weighted by molar-refractivity contribution is 5.98. The molecule has 0 aromatic heterocycles. The average Bonchev–Trinajstić information content (AvgIpc) is 2.48. The van der Waals surface area contributed by atoms with Crippen LogP contribution in [0.2, 0.25) is 0 Å². The molecule has 1 saturated heterocycles. The number of nitrogens with one attached hydrogen (secondary N) is 1. The smallest absolute Gasteiger partial charge is 0.245 e. The van der Waals surface area contributed by atoms with Gasteiger partial charge in [-0.05, 0) is 24.3 Å². The summed E-state index contributed by atoms with van der Waals surface area (Å²) in [4.78, 5) is 12.5. The minimum Gasteiger partial charge on any atom is -0.505 e. The molecule has 1 aliphatic heterocycles. The Bertz CT molecular complexity index is 605. The van der Waals surface area contributed by atoms with Crippen LogP contribution in [0.1, 0.15) is 39.2 Å². The number of hydrogen-bond donors (Lipinski definition) is 2. The van der Waals surface area contributed by atoms with Gasteiger partial charge in [-0.25, -0.2) is 0 Å². The lowest BCUT2D eigenvalue weighted by atomic mass is 9.80. The zero-order valence-electron chi connectivity index (χ0n) is 13.3. The monoisotopic (exact) mass is 302 g/mol. The number of anilines is 1. The number of hydrogen-bond acceptors (Lipinski definition) is 4. The van der Waals surface area contributed by atoms with Crippen molar-refractivity contribution in [2.75, 3.05) is 18.5 Å². The van der Waals surface area contributed by atoms with Crippen molar-refractivity contribution in [2.45, 2.75) is 39.0 Å². The molecule has 118 valence electrons. The molecule has 0 spiro atoms. The van der Waals surface area contributed by atoms with Crippen molar-refractivity contribution in [1.82, 2.24) is 0 Å². The molecule has 5 heteroatoms. The predicted molar refractivity (Wildman–Crippen MR) is 83.5 cm³/mol. The van der Waals surface area contributed by atoms with E-state index in [9.17, 15) is 15.2 Å². The van der Waals surface area contributed by atoms with Gasteiger partial charge in [-0.1, -0.05) is 32.9 Å². The third-order valence-electron chi connectivity index (χ3n) is 4.09. The molecule has 5 nitrogen and oxygen atoms in total. The van der Waals surface area contributed by atoms with E-state index in [0.29, 0.717) is 31.7 Å². The minimum atomic E-state index is -1.08. The van der Waals surface area contributed by atoms with Crippen LogP contribution in [0.5, 0.6) is 5.75 Å². The number of ether oxygens (including phenoxy) is 1. The second kappa shape index (κ2) is 5.98. The number of phenolic OH excluding ortho intramolecular Hbond substituents is 1. The lowest BCUT2D eigenvalue weighted by Crippen LogP contribution is -2.40. The van der Waals surface area contributed by atoms with Crippen LogP contribution in [-0.4, -0.2) is 24.2 Å². The number of phenols is 1. The van der Waals surface area contributed by atoms with E-state index in [-0.39, 0.29) is 17.1 Å². The average molecular weight is 302 g/mol. The molecule has 1 aliphatic rings. The summed E-state index contributed by atoms with van der Waals surface area (Å²) in [6.07, 6.45) is 0.740. The number of carbonyl (C=O) groups excluding carboxylic acids is 1. The maximum Gasteiger partial charge on any atom is 0.245 e. The van der Waals surface area contributed by atoms with Crippen LogP contribution in [0.25, 0.3) is 0 Å². The van der Waals surface area contributed by atoms with Crippen LogP contribution in [0.4, 0.5) is 5.69 Å². The van der Waals surface area contributed by atoms with E-state index in [0.717, 1.165) is 5.56 Å². The highest BCUT2D eigenvalue weighted by Crippen LogP contribution is 2.37. The topological polar surface area (TPSA) is 82.4 Å². The Morgan fingerprint density at radius 1 is 1.36 bits per heavy atom. The summed E-state index contributed by atoms with van der Waals surface area (Å²) in [6, 6.07) is 7.40. The number of amides is 1. The summed E-state index contributed by atoms with van der Waals surface area (Å²) >= 11 is 0. The van der Waals surface area contributed by atoms with Crippen LogP contribution in [0, 0.1) is 16.7 Å². The van der Waals surface area contributed by atoms with Gasteiger partial charge in [0.15, 0.2) is 0 Å². The van der Waals surface area contributed by atoms with Crippen molar-refractivity contribution in [2.24, 2.45) is 5.41 Å². The second-order valence-corrected chi connectivity index (χ2v) is 6.71. The van der Waals surface area contributed by atoms with E-state index in [4.69, 9.17) is 4.74 Å². The van der Waals surface area contributed by atoms with Gasteiger partial charge in [0, 0.05) is 18.8 Å². The van der Waals surface area contributed by atoms with E-state index in [2.05, 4.69) is 11.4 Å². The van der Waals surface area contributed by atoms with E-state index in [1.165, 1.54) is 0 Å². The molecular weight excluding hydrogens is 280 g/mol. The predicted octanol–water partition coefficient (Wildman–Crippen LogP) is 2.95. The van der Waals surface area contributed by atoms with Gasteiger partial charge in [0.2, 0.25) is 5.91 Å². The van der Waals surface area contributed by atoms with E-state index in [1.807, 2.05) is 26.8 Å². The first-order valence-corrected chi connectivity index (χ1v) is 7.43. The Labute approximate surface area is 130 Å². The lowest BCUT2D eigenvalue weighted by molar-refractivity contribution is -0.126. The summed E-state index contributed by atoms with van der Waals surface area (Å²) in [5.41, 5.74) is -0.222. The van der Waals surface area contributed by atoms with Crippen molar-refractivity contribution in [3.63, 3.8) is 0 Å². The largest absolute Gasteiger partial charge is 0.505 e. The van der Waals surface area contributed by atoms with Crippen molar-refractivity contribution >= 4 is 11.6 Å². The molecule has 0 unspecified atom stereocenters. The number of nitriles is 1. The minimum absolute atomic E-state index is 0.0588. The summed E-state index contributed by atoms with van der Waals surface area (Å²) in [5.74, 6) is -0.317. The highest BCUT2D eigenvalue weighted by Gasteiger charge is 2.40. The molecule has 0 aliphatic carbocycles. The third kappa shape index (κ3) is 3.07. The van der Waals surface area contributed by atoms with Crippen molar-refractivity contribution in [3.05, 3.63) is 23.8 Å². The Hall–Kier alpha value is -2.06. The third-order valence-corrected chi connectivity index (χ3v) is 4.09. The van der Waals surface area contributed by atoms with Crippen LogP contribution in [0.3, 0.4) is 0 Å². The zero-order chi connectivity index (χ0) is 16.4. The molecule has 0 bridgehead atoms. The summed E-state index contributed by atoms with van der Waals surface area (Å²) in [5, 5.41) is 22.5. The molecular formula is C17H22N2O3. The summed E-state index contributed by atoms with van der Waals surface area (Å²) < 4.78 is 5.23. The Balaban J connectivity index is 2.28. The molecule has 0 radical (unpaired) electrons. The van der Waals surface area contributed by atoms with Gasteiger partial charge in [-0.15, -0.1) is 0 Å². The Morgan fingerprint density at radius 3 is 2.55 bits per heavy atom. The van der Waals surface area contributed by atoms with Gasteiger partial charge in [-0.3, -0.25) is 4.79 Å². The van der Waals surface area contributed by atoms with Gasteiger partial charge in [0.05, 0.1) is 11.8 Å². The van der Waals surface area contributed by atoms with Crippen molar-refractivity contribution in [1.29, 1.82) is 5.26 Å². The van der Waals surface area contributed by atoms with Crippen molar-refractivity contribution in [3.8, 4) is 11.8 Å². The number of nitrogens with zero attached hydrogens (tertiary/aromatic N) is 1. The summed E-state index contributed by atoms with van der Waals surface area (Å²) in [7, 11) is 0. The van der Waals surface area contributed by atoms with Crippen LogP contribution in [-0.2, 0) is 14.9 Å². The normalized spacial score (nSPS) is 17.5. The molecule has 1 aromatic rings. The Morgan fingerprint density at radius 2 is 2.00 bits per heavy atom. The van der Waals surface area contributed by atoms with Crippen LogP contribution in [0.15, 0.2) is 18.2 Å². The molecule has 22 heavy (non-hydrogen) atoms. The van der Waals surface area contributed by atoms with Gasteiger partial charge < -0.3 is 15.2 Å². The number of aromatic hydroxyl groups is 1. The molecule has 1 amide bonds. The quantitative estimate of drug-likeness (QED) is 0.823. The molecule has 1 aromatic carbocycles. The number of carbonyl (C=O) groups is 1. The summed E-state index contributed by atoms with van der Waals surface area (Å²) in [6.45, 7) is 6.76. The standard InChI is InChI=1S/C17H22N2O3/c1-16(2,3)12-5-4-6-13(14(12)20)19-15(21)17(11-18)7-9-22-10-8-17/h4-6,20H,7-10H2,1-3H3,(H,19,21). The van der Waals surface area contributed by atoms with E-state index < -0.39 is 5.41 Å². The van der Waals surface area contributed by atoms with Gasteiger partial charge >= 0.3 is 0 Å². The van der Waals surface area contributed by atoms with Gasteiger partial charge in [0.25, 0.3) is 0 Å². The fraction of sp³-hybridized carbons (Fsp3) is 0.529. The Kier molecular flexibility index (Phi) is 4.43. The molecule has 1 fully saturated rings. The first-order valence-electron chi connectivity index (χ1n) is 7.43. The van der Waals surface area contributed by atoms with E-state index >= 15 is 0 Å². The number of benzene rings is 1. The molecule has 2 rings (SSSR count). The fourth-order valence-corrected chi connectivity index (χ4v) is 2.60. The lowest BCUT2D eigenvalue weighted by Gasteiger charge is -2.29. The van der Waals surface area contributed by atoms with Gasteiger partial charge in [-0.2, -0.15) is 5.26 Å². The zero-order valence-corrected chi connectivity index (χ0v) is 13.3. The second-order valence-electron chi connectivity index (χ2n) is 6.71. The van der Waals surface area contributed by atoms with Crippen LogP contribution >= 0.6 is 0 Å². The highest BCUT2D eigenvalue weighted by atomic mass is 16.5.